The van der Waals surface area contributed by atoms with Crippen molar-refractivity contribution < 1.29 is 27.8 Å². The highest BCUT2D eigenvalue weighted by atomic mass is 19.3. The molecule has 2 amide bonds. The summed E-state index contributed by atoms with van der Waals surface area (Å²) in [6.07, 6.45) is -5.32. The van der Waals surface area contributed by atoms with Gasteiger partial charge in [0.05, 0.1) is 6.61 Å². The maximum absolute atomic E-state index is 13.2. The number of alkyl halides is 2. The number of benzene rings is 1. The summed E-state index contributed by atoms with van der Waals surface area (Å²) in [4.78, 5) is 24.3. The van der Waals surface area contributed by atoms with Gasteiger partial charge in [-0.2, -0.15) is 0 Å². The lowest BCUT2D eigenvalue weighted by Crippen LogP contribution is -2.70. The maximum atomic E-state index is 13.2. The molecule has 0 spiro atoms. The molecule has 23 heavy (non-hydrogen) atoms. The van der Waals surface area contributed by atoms with Crippen LogP contribution in [0.1, 0.15) is 26.3 Å². The van der Waals surface area contributed by atoms with E-state index in [-0.39, 0.29) is 6.61 Å². The predicted molar refractivity (Wildman–Crippen MR) is 77.9 cm³/mol. The zero-order valence-electron chi connectivity index (χ0n) is 13.2. The van der Waals surface area contributed by atoms with Gasteiger partial charge in [-0.3, -0.25) is 4.79 Å². The van der Waals surface area contributed by atoms with E-state index in [9.17, 15) is 18.4 Å². The van der Waals surface area contributed by atoms with Gasteiger partial charge in [0.25, 0.3) is 12.3 Å². The molecule has 5 nitrogen and oxygen atoms in total. The summed E-state index contributed by atoms with van der Waals surface area (Å²) in [6, 6.07) is 7.25. The predicted octanol–water partition coefficient (Wildman–Crippen LogP) is 2.98. The van der Waals surface area contributed by atoms with Crippen molar-refractivity contribution in [2.45, 2.75) is 51.6 Å². The molecule has 2 atom stereocenters. The molecule has 0 radical (unpaired) electrons. The summed E-state index contributed by atoms with van der Waals surface area (Å²) in [5.41, 5.74) is -0.121. The Balaban J connectivity index is 2.02. The second-order valence-electron chi connectivity index (χ2n) is 6.23. The van der Waals surface area contributed by atoms with Crippen LogP contribution in [-0.4, -0.2) is 41.1 Å². The largest absolute Gasteiger partial charge is 0.443 e. The van der Waals surface area contributed by atoms with Crippen molar-refractivity contribution in [1.82, 2.24) is 4.90 Å². The standard InChI is InChI=1S/C16H19F2NO4/c1-16(2,3)23-15(21)19-11(13(17)18)12(14(19)20)22-9-10-7-5-4-6-8-10/h4-8,11-13H,9H2,1-3H3/t11-,12-/m1/s1. The highest BCUT2D eigenvalue weighted by Crippen LogP contribution is 2.30. The van der Waals surface area contributed by atoms with Gasteiger partial charge >= 0.3 is 6.09 Å². The molecule has 0 unspecified atom stereocenters. The smallest absolute Gasteiger partial charge is 0.417 e. The van der Waals surface area contributed by atoms with Gasteiger partial charge in [0.1, 0.15) is 11.6 Å². The molecular weight excluding hydrogens is 308 g/mol. The Bertz CT molecular complexity index is 571. The Morgan fingerprint density at radius 2 is 1.87 bits per heavy atom. The zero-order chi connectivity index (χ0) is 17.2. The van der Waals surface area contributed by atoms with Gasteiger partial charge in [0.15, 0.2) is 6.10 Å². The number of hydrogen-bond acceptors (Lipinski definition) is 4. The molecule has 0 bridgehead atoms. The van der Waals surface area contributed by atoms with E-state index in [1.807, 2.05) is 6.07 Å². The number of amides is 2. The number of hydrogen-bond donors (Lipinski definition) is 0. The molecule has 1 aliphatic heterocycles. The fraction of sp³-hybridized carbons (Fsp3) is 0.500. The number of ether oxygens (including phenoxy) is 2. The van der Waals surface area contributed by atoms with Crippen LogP contribution in [-0.2, 0) is 20.9 Å². The Labute approximate surface area is 133 Å². The SMILES string of the molecule is CC(C)(C)OC(=O)N1C(=O)[C@H](OCc2ccccc2)[C@@H]1C(F)F. The van der Waals surface area contributed by atoms with Crippen LogP contribution in [0.25, 0.3) is 0 Å². The van der Waals surface area contributed by atoms with Gasteiger partial charge in [0.2, 0.25) is 0 Å². The van der Waals surface area contributed by atoms with E-state index in [1.54, 1.807) is 45.0 Å². The molecular formula is C16H19F2NO4. The lowest BCUT2D eigenvalue weighted by atomic mass is 9.99. The summed E-state index contributed by atoms with van der Waals surface area (Å²) >= 11 is 0. The molecule has 0 saturated carbocycles. The topological polar surface area (TPSA) is 55.8 Å². The van der Waals surface area contributed by atoms with Crippen LogP contribution in [0, 0.1) is 0 Å². The second kappa shape index (κ2) is 6.62. The third-order valence-electron chi connectivity index (χ3n) is 3.21. The quantitative estimate of drug-likeness (QED) is 0.798. The normalized spacial score (nSPS) is 21.3. The van der Waals surface area contributed by atoms with Gasteiger partial charge in [-0.1, -0.05) is 30.3 Å². The van der Waals surface area contributed by atoms with Crippen LogP contribution in [0.3, 0.4) is 0 Å². The van der Waals surface area contributed by atoms with Crippen LogP contribution in [0.4, 0.5) is 13.6 Å². The number of carbonyl (C=O) groups is 2. The number of halogens is 2. The second-order valence-corrected chi connectivity index (χ2v) is 6.23. The lowest BCUT2D eigenvalue weighted by molar-refractivity contribution is -0.186. The van der Waals surface area contributed by atoms with Crippen LogP contribution in [0.15, 0.2) is 30.3 Å². The first-order valence-corrected chi connectivity index (χ1v) is 7.20. The average Bonchev–Trinajstić information content (AvgIpc) is 2.43. The number of likely N-dealkylation sites (tertiary alicyclic amines) is 1. The van der Waals surface area contributed by atoms with E-state index in [0.29, 0.717) is 4.90 Å². The summed E-state index contributed by atoms with van der Waals surface area (Å²) in [5, 5.41) is 0. The molecule has 1 heterocycles. The number of β-lactam (4-membered cyclic amide) rings is 1. The van der Waals surface area contributed by atoms with Crippen LogP contribution >= 0.6 is 0 Å². The fourth-order valence-corrected chi connectivity index (χ4v) is 2.18. The van der Waals surface area contributed by atoms with Crippen LogP contribution in [0.2, 0.25) is 0 Å². The van der Waals surface area contributed by atoms with Crippen molar-refractivity contribution in [1.29, 1.82) is 0 Å². The third-order valence-corrected chi connectivity index (χ3v) is 3.21. The molecule has 0 N–H and O–H groups in total. The van der Waals surface area contributed by atoms with Crippen molar-refractivity contribution in [3.63, 3.8) is 0 Å². The Morgan fingerprint density at radius 1 is 1.26 bits per heavy atom. The van der Waals surface area contributed by atoms with Gasteiger partial charge in [-0.15, -0.1) is 0 Å². The summed E-state index contributed by atoms with van der Waals surface area (Å²) < 4.78 is 36.6. The van der Waals surface area contributed by atoms with Gasteiger partial charge in [-0.25, -0.2) is 18.5 Å². The average molecular weight is 327 g/mol. The molecule has 2 rings (SSSR count). The van der Waals surface area contributed by atoms with Gasteiger partial charge in [-0.05, 0) is 26.3 Å². The molecule has 126 valence electrons. The number of imide groups is 1. The van der Waals surface area contributed by atoms with E-state index >= 15 is 0 Å². The Hall–Kier alpha value is -2.02. The first-order chi connectivity index (χ1) is 10.7. The highest BCUT2D eigenvalue weighted by Gasteiger charge is 2.57. The van der Waals surface area contributed by atoms with E-state index in [4.69, 9.17) is 9.47 Å². The minimum absolute atomic E-state index is 0.0165. The van der Waals surface area contributed by atoms with E-state index < -0.39 is 36.2 Å². The molecule has 1 fully saturated rings. The van der Waals surface area contributed by atoms with Gasteiger partial charge < -0.3 is 9.47 Å². The van der Waals surface area contributed by atoms with E-state index in [1.165, 1.54) is 0 Å². The fourth-order valence-electron chi connectivity index (χ4n) is 2.18. The highest BCUT2D eigenvalue weighted by molar-refractivity contribution is 6.01. The first kappa shape index (κ1) is 17.3. The molecule has 1 aromatic carbocycles. The Kier molecular flexibility index (Phi) is 4.99. The van der Waals surface area contributed by atoms with Gasteiger partial charge in [0, 0.05) is 0 Å². The van der Waals surface area contributed by atoms with Crippen molar-refractivity contribution in [2.75, 3.05) is 0 Å². The van der Waals surface area contributed by atoms with Crippen molar-refractivity contribution in [3.8, 4) is 0 Å². The van der Waals surface area contributed by atoms with Crippen molar-refractivity contribution in [2.24, 2.45) is 0 Å². The van der Waals surface area contributed by atoms with E-state index in [0.717, 1.165) is 5.56 Å². The maximum Gasteiger partial charge on any atom is 0.417 e. The monoisotopic (exact) mass is 327 g/mol. The number of nitrogens with zero attached hydrogens (tertiary/aromatic N) is 1. The first-order valence-electron chi connectivity index (χ1n) is 7.20. The molecule has 1 saturated heterocycles. The Morgan fingerprint density at radius 3 is 2.39 bits per heavy atom. The molecule has 0 aromatic heterocycles. The minimum atomic E-state index is -2.90. The summed E-state index contributed by atoms with van der Waals surface area (Å²) in [5.74, 6) is -0.805. The molecule has 7 heteroatoms. The number of rotatable bonds is 4. The third kappa shape index (κ3) is 4.04. The summed E-state index contributed by atoms with van der Waals surface area (Å²) in [7, 11) is 0. The van der Waals surface area contributed by atoms with Crippen molar-refractivity contribution in [3.05, 3.63) is 35.9 Å². The number of carbonyl (C=O) groups excluding carboxylic acids is 2. The summed E-state index contributed by atoms with van der Waals surface area (Å²) in [6.45, 7) is 4.80. The minimum Gasteiger partial charge on any atom is -0.443 e. The van der Waals surface area contributed by atoms with Crippen molar-refractivity contribution >= 4 is 12.0 Å². The zero-order valence-corrected chi connectivity index (χ0v) is 13.2. The van der Waals surface area contributed by atoms with Crippen LogP contribution < -0.4 is 0 Å². The molecule has 1 aromatic rings. The van der Waals surface area contributed by atoms with E-state index in [2.05, 4.69) is 0 Å². The van der Waals surface area contributed by atoms with Crippen LogP contribution in [0.5, 0.6) is 0 Å². The lowest BCUT2D eigenvalue weighted by Gasteiger charge is -2.44. The molecule has 0 aliphatic carbocycles. The molecule has 1 aliphatic rings.